The SMILES string of the molecule is CC/C=C\C/C=C\C/C=C\C/C=C\C/C=C\CCCCCCCCCCCCCCCC(=O)OCC(COC(=O)CCCCCCCCCCCCCCCCCC)OC(=O)CCCCCCCC/C=C\C/C=C\C/C=C\C/C=C\CC. The van der Waals surface area contributed by atoms with Gasteiger partial charge >= 0.3 is 17.9 Å². The maximum absolute atomic E-state index is 12.9. The van der Waals surface area contributed by atoms with Crippen LogP contribution in [-0.2, 0) is 28.6 Å². The number of hydrogen-bond donors (Lipinski definition) is 0. The molecule has 0 rings (SSSR count). The lowest BCUT2D eigenvalue weighted by Crippen LogP contribution is -2.30. The predicted octanol–water partition coefficient (Wildman–Crippen LogP) is 24.2. The Morgan fingerprint density at radius 1 is 0.256 bits per heavy atom. The molecule has 1 unspecified atom stereocenters. The molecule has 0 aromatic heterocycles. The van der Waals surface area contributed by atoms with Gasteiger partial charge in [-0.05, 0) is 103 Å². The highest BCUT2D eigenvalue weighted by Crippen LogP contribution is 2.17. The Morgan fingerprint density at radius 3 is 0.744 bits per heavy atom. The van der Waals surface area contributed by atoms with Crippen LogP contribution in [0.4, 0.5) is 0 Å². The third kappa shape index (κ3) is 66.9. The third-order valence-electron chi connectivity index (χ3n) is 15.0. The molecule has 0 aliphatic rings. The molecule has 0 aromatic rings. The maximum Gasteiger partial charge on any atom is 0.306 e. The first kappa shape index (κ1) is 78.1. The normalized spacial score (nSPS) is 12.8. The first-order valence-corrected chi connectivity index (χ1v) is 34.9. The van der Waals surface area contributed by atoms with Crippen molar-refractivity contribution in [3.05, 3.63) is 109 Å². The highest BCUT2D eigenvalue weighted by Gasteiger charge is 2.19. The fraction of sp³-hybridized carbons (Fsp3) is 0.724. The molecule has 0 bridgehead atoms. The van der Waals surface area contributed by atoms with E-state index in [2.05, 4.69) is 130 Å². The summed E-state index contributed by atoms with van der Waals surface area (Å²) < 4.78 is 17.0. The van der Waals surface area contributed by atoms with Gasteiger partial charge in [-0.2, -0.15) is 0 Å². The van der Waals surface area contributed by atoms with Crippen LogP contribution in [0.5, 0.6) is 0 Å². The van der Waals surface area contributed by atoms with E-state index in [0.717, 1.165) is 128 Å². The standard InChI is InChI=1S/C76H130O6/c1-4-7-10-13-16-19-22-25-28-31-33-34-35-36-37-38-39-40-41-42-44-45-48-51-54-57-60-63-66-69-75(78)81-72-73(71-80-74(77)68-65-62-59-56-53-50-47-30-27-24-21-18-15-12-9-6-3)82-76(79)70-67-64-61-58-55-52-49-46-43-32-29-26-23-20-17-14-11-8-5-2/h7-8,10-11,16-17,19-20,25-26,28-29,33-34,36-37,43,46,73H,4-6,9,12-15,18,21-24,27,30-32,35,38-42,44-45,47-72H2,1-3H3/b10-7-,11-8-,19-16-,20-17-,28-25-,29-26-,34-33-,37-36-,46-43-. The second-order valence-corrected chi connectivity index (χ2v) is 23.0. The summed E-state index contributed by atoms with van der Waals surface area (Å²) >= 11 is 0. The molecule has 0 saturated carbocycles. The van der Waals surface area contributed by atoms with E-state index < -0.39 is 6.10 Å². The molecule has 0 saturated heterocycles. The number of carbonyl (C=O) groups is 3. The number of carbonyl (C=O) groups excluding carboxylic acids is 3. The molecule has 6 heteroatoms. The Hall–Kier alpha value is -3.93. The van der Waals surface area contributed by atoms with E-state index in [-0.39, 0.29) is 31.1 Å². The van der Waals surface area contributed by atoms with Crippen molar-refractivity contribution in [1.82, 2.24) is 0 Å². The molecule has 1 atom stereocenters. The van der Waals surface area contributed by atoms with Gasteiger partial charge in [0.05, 0.1) is 0 Å². The highest BCUT2D eigenvalue weighted by atomic mass is 16.6. The van der Waals surface area contributed by atoms with Crippen molar-refractivity contribution in [3.8, 4) is 0 Å². The van der Waals surface area contributed by atoms with E-state index in [1.807, 2.05) is 0 Å². The summed E-state index contributed by atoms with van der Waals surface area (Å²) in [5, 5.41) is 0. The van der Waals surface area contributed by atoms with Crippen LogP contribution in [0.1, 0.15) is 335 Å². The Balaban J connectivity index is 4.32. The molecular formula is C76H130O6. The molecule has 0 aromatic carbocycles. The van der Waals surface area contributed by atoms with E-state index in [9.17, 15) is 14.4 Å². The number of hydrogen-bond acceptors (Lipinski definition) is 6. The van der Waals surface area contributed by atoms with Crippen molar-refractivity contribution in [2.45, 2.75) is 341 Å². The molecule has 0 amide bonds. The molecule has 0 radical (unpaired) electrons. The number of unbranched alkanes of at least 4 members (excludes halogenated alkanes) is 34. The van der Waals surface area contributed by atoms with Gasteiger partial charge in [0.15, 0.2) is 6.10 Å². The molecule has 0 heterocycles. The Kier molecular flexibility index (Phi) is 66.2. The fourth-order valence-electron chi connectivity index (χ4n) is 9.88. The third-order valence-corrected chi connectivity index (χ3v) is 15.0. The van der Waals surface area contributed by atoms with Crippen LogP contribution in [0.25, 0.3) is 0 Å². The lowest BCUT2D eigenvalue weighted by molar-refractivity contribution is -0.167. The average Bonchev–Trinajstić information content (AvgIpc) is 3.47. The number of esters is 3. The summed E-state index contributed by atoms with van der Waals surface area (Å²) in [6.07, 6.45) is 95.3. The summed E-state index contributed by atoms with van der Waals surface area (Å²) in [5.74, 6) is -0.881. The number of rotatable bonds is 63. The first-order chi connectivity index (χ1) is 40.5. The molecule has 0 fully saturated rings. The first-order valence-electron chi connectivity index (χ1n) is 34.9. The quantitative estimate of drug-likeness (QED) is 0.0261. The topological polar surface area (TPSA) is 78.9 Å². The van der Waals surface area contributed by atoms with Gasteiger partial charge in [0.25, 0.3) is 0 Å². The summed E-state index contributed by atoms with van der Waals surface area (Å²) in [6, 6.07) is 0. The van der Waals surface area contributed by atoms with Gasteiger partial charge in [0.2, 0.25) is 0 Å². The van der Waals surface area contributed by atoms with Crippen molar-refractivity contribution in [3.63, 3.8) is 0 Å². The molecule has 0 aliphatic carbocycles. The zero-order valence-corrected chi connectivity index (χ0v) is 54.0. The van der Waals surface area contributed by atoms with Crippen molar-refractivity contribution in [1.29, 1.82) is 0 Å². The second-order valence-electron chi connectivity index (χ2n) is 23.0. The summed E-state index contributed by atoms with van der Waals surface area (Å²) in [5.41, 5.74) is 0. The summed E-state index contributed by atoms with van der Waals surface area (Å²) in [4.78, 5) is 38.5. The molecule has 82 heavy (non-hydrogen) atoms. The van der Waals surface area contributed by atoms with Gasteiger partial charge in [-0.25, -0.2) is 0 Å². The van der Waals surface area contributed by atoms with Gasteiger partial charge in [-0.1, -0.05) is 323 Å². The van der Waals surface area contributed by atoms with Crippen LogP contribution < -0.4 is 0 Å². The van der Waals surface area contributed by atoms with Crippen LogP contribution in [0.15, 0.2) is 109 Å². The smallest absolute Gasteiger partial charge is 0.306 e. The van der Waals surface area contributed by atoms with Crippen LogP contribution in [0.3, 0.4) is 0 Å². The van der Waals surface area contributed by atoms with Gasteiger partial charge in [0, 0.05) is 19.3 Å². The number of ether oxygens (including phenoxy) is 3. The minimum atomic E-state index is -0.787. The monoisotopic (exact) mass is 1140 g/mol. The molecule has 6 nitrogen and oxygen atoms in total. The van der Waals surface area contributed by atoms with Gasteiger partial charge in [0.1, 0.15) is 13.2 Å². The van der Waals surface area contributed by atoms with Crippen molar-refractivity contribution in [2.75, 3.05) is 13.2 Å². The fourth-order valence-corrected chi connectivity index (χ4v) is 9.88. The van der Waals surface area contributed by atoms with Crippen LogP contribution in [0.2, 0.25) is 0 Å². The zero-order valence-electron chi connectivity index (χ0n) is 54.0. The lowest BCUT2D eigenvalue weighted by atomic mass is 10.0. The summed E-state index contributed by atoms with van der Waals surface area (Å²) in [6.45, 7) is 6.44. The minimum absolute atomic E-state index is 0.0809. The molecule has 0 spiro atoms. The lowest BCUT2D eigenvalue weighted by Gasteiger charge is -2.18. The van der Waals surface area contributed by atoms with Gasteiger partial charge < -0.3 is 14.2 Å². The van der Waals surface area contributed by atoms with Gasteiger partial charge in [-0.3, -0.25) is 14.4 Å². The Labute approximate surface area is 508 Å². The predicted molar refractivity (Wildman–Crippen MR) is 357 cm³/mol. The van der Waals surface area contributed by atoms with Crippen LogP contribution in [-0.4, -0.2) is 37.2 Å². The maximum atomic E-state index is 12.9. The molecular weight excluding hydrogens is 1010 g/mol. The van der Waals surface area contributed by atoms with Crippen molar-refractivity contribution < 1.29 is 28.6 Å². The van der Waals surface area contributed by atoms with Gasteiger partial charge in [-0.15, -0.1) is 0 Å². The van der Waals surface area contributed by atoms with E-state index in [4.69, 9.17) is 14.2 Å². The number of allylic oxidation sites excluding steroid dienone is 18. The average molecular weight is 1140 g/mol. The molecule has 0 aliphatic heterocycles. The minimum Gasteiger partial charge on any atom is -0.462 e. The van der Waals surface area contributed by atoms with Crippen molar-refractivity contribution >= 4 is 17.9 Å². The highest BCUT2D eigenvalue weighted by molar-refractivity contribution is 5.71. The van der Waals surface area contributed by atoms with Crippen LogP contribution in [0, 0.1) is 0 Å². The second kappa shape index (κ2) is 69.6. The van der Waals surface area contributed by atoms with E-state index in [0.29, 0.717) is 19.3 Å². The van der Waals surface area contributed by atoms with E-state index >= 15 is 0 Å². The largest absolute Gasteiger partial charge is 0.462 e. The zero-order chi connectivity index (χ0) is 59.2. The van der Waals surface area contributed by atoms with Crippen molar-refractivity contribution in [2.24, 2.45) is 0 Å². The Bertz CT molecular complexity index is 1640. The molecule has 470 valence electrons. The summed E-state index contributed by atoms with van der Waals surface area (Å²) in [7, 11) is 0. The van der Waals surface area contributed by atoms with Crippen LogP contribution >= 0.6 is 0 Å². The van der Waals surface area contributed by atoms with E-state index in [1.165, 1.54) is 167 Å². The Morgan fingerprint density at radius 2 is 0.476 bits per heavy atom. The van der Waals surface area contributed by atoms with E-state index in [1.54, 1.807) is 0 Å². The molecule has 0 N–H and O–H groups in total.